The zero-order valence-electron chi connectivity index (χ0n) is 9.31. The van der Waals surface area contributed by atoms with Crippen LogP contribution in [0.15, 0.2) is 12.7 Å². The highest BCUT2D eigenvalue weighted by Crippen LogP contribution is 2.37. The number of nitrogens with zero attached hydrogens (tertiary/aromatic N) is 1. The van der Waals surface area contributed by atoms with Crippen LogP contribution in [-0.2, 0) is 9.53 Å². The number of alkyl halides is 3. The normalized spacial score (nSPS) is 23.8. The summed E-state index contributed by atoms with van der Waals surface area (Å²) >= 11 is 0. The van der Waals surface area contributed by atoms with E-state index in [-0.39, 0.29) is 6.61 Å². The van der Waals surface area contributed by atoms with Crippen molar-refractivity contribution in [3.8, 4) is 0 Å². The van der Waals surface area contributed by atoms with Crippen LogP contribution in [0.5, 0.6) is 0 Å². The van der Waals surface area contributed by atoms with Gasteiger partial charge in [0.05, 0.1) is 11.8 Å². The van der Waals surface area contributed by atoms with Crippen LogP contribution in [0.2, 0.25) is 0 Å². The topological polar surface area (TPSA) is 66.8 Å². The van der Waals surface area contributed by atoms with E-state index in [0.29, 0.717) is 0 Å². The Bertz CT molecular complexity index is 356. The first-order chi connectivity index (χ1) is 8.27. The highest BCUT2D eigenvalue weighted by atomic mass is 19.4. The highest BCUT2D eigenvalue weighted by molar-refractivity contribution is 5.74. The number of carboxylic acids is 1. The van der Waals surface area contributed by atoms with Gasteiger partial charge in [-0.15, -0.1) is 0 Å². The van der Waals surface area contributed by atoms with Gasteiger partial charge in [0.1, 0.15) is 6.61 Å². The van der Waals surface area contributed by atoms with Crippen LogP contribution in [0.25, 0.3) is 0 Å². The number of hydrogen-bond acceptors (Lipinski definition) is 3. The van der Waals surface area contributed by atoms with Crippen LogP contribution in [0.1, 0.15) is 0 Å². The second-order valence-electron chi connectivity index (χ2n) is 3.86. The van der Waals surface area contributed by atoms with Crippen molar-refractivity contribution in [2.45, 2.75) is 6.18 Å². The van der Waals surface area contributed by atoms with Crippen molar-refractivity contribution in [2.75, 3.05) is 19.7 Å². The first-order valence-electron chi connectivity index (χ1n) is 5.09. The van der Waals surface area contributed by atoms with E-state index in [1.54, 1.807) is 0 Å². The zero-order chi connectivity index (χ0) is 13.9. The Balaban J connectivity index is 2.75. The summed E-state index contributed by atoms with van der Waals surface area (Å²) in [7, 11) is 0. The first-order valence-corrected chi connectivity index (χ1v) is 5.09. The predicted molar refractivity (Wildman–Crippen MR) is 53.8 cm³/mol. The summed E-state index contributed by atoms with van der Waals surface area (Å²) in [6.07, 6.45) is -4.35. The van der Waals surface area contributed by atoms with Crippen LogP contribution >= 0.6 is 0 Å². The Morgan fingerprint density at radius 1 is 1.44 bits per heavy atom. The molecule has 0 aliphatic carbocycles. The summed E-state index contributed by atoms with van der Waals surface area (Å²) < 4.78 is 42.4. The smallest absolute Gasteiger partial charge is 0.410 e. The minimum atomic E-state index is -4.66. The standard InChI is InChI=1S/C10H12F3NO4/c1-2-3-18-9(17)14-4-6(8(15)16)7(5-14)10(11,12)13/h2,6-7H,1,3-5H2,(H,15,16)/t6-,7-/m1/s1. The van der Waals surface area contributed by atoms with Gasteiger partial charge in [0.25, 0.3) is 0 Å². The third-order valence-electron chi connectivity index (χ3n) is 2.64. The largest absolute Gasteiger partial charge is 0.481 e. The molecule has 0 aromatic heterocycles. The van der Waals surface area contributed by atoms with Gasteiger partial charge in [0.15, 0.2) is 0 Å². The predicted octanol–water partition coefficient (Wildman–Crippen LogP) is 1.50. The van der Waals surface area contributed by atoms with Crippen LogP contribution in [0.3, 0.4) is 0 Å². The zero-order valence-corrected chi connectivity index (χ0v) is 9.31. The molecule has 1 aliphatic rings. The van der Waals surface area contributed by atoms with Gasteiger partial charge in [-0.05, 0) is 0 Å². The summed E-state index contributed by atoms with van der Waals surface area (Å²) in [5.74, 6) is -5.29. The number of carboxylic acid groups (broad SMARTS) is 1. The molecule has 1 heterocycles. The molecule has 1 fully saturated rings. The molecule has 0 aromatic rings. The van der Waals surface area contributed by atoms with E-state index in [0.717, 1.165) is 4.90 Å². The fourth-order valence-corrected chi connectivity index (χ4v) is 1.76. The lowest BCUT2D eigenvalue weighted by Gasteiger charge is -2.18. The number of hydrogen-bond donors (Lipinski definition) is 1. The molecule has 0 aromatic carbocycles. The van der Waals surface area contributed by atoms with E-state index in [2.05, 4.69) is 11.3 Å². The lowest BCUT2D eigenvalue weighted by atomic mass is 9.96. The van der Waals surface area contributed by atoms with Gasteiger partial charge in [0.2, 0.25) is 0 Å². The fraction of sp³-hybridized carbons (Fsp3) is 0.600. The van der Waals surface area contributed by atoms with Gasteiger partial charge in [-0.25, -0.2) is 4.79 Å². The van der Waals surface area contributed by atoms with E-state index >= 15 is 0 Å². The maximum absolute atomic E-state index is 12.6. The second kappa shape index (κ2) is 5.28. The molecule has 0 radical (unpaired) electrons. The number of ether oxygens (including phenoxy) is 1. The quantitative estimate of drug-likeness (QED) is 0.787. The molecule has 1 N–H and O–H groups in total. The fourth-order valence-electron chi connectivity index (χ4n) is 1.76. The van der Waals surface area contributed by atoms with Crippen molar-refractivity contribution in [1.82, 2.24) is 4.90 Å². The number of likely N-dealkylation sites (tertiary alicyclic amines) is 1. The lowest BCUT2D eigenvalue weighted by Crippen LogP contribution is -2.34. The summed E-state index contributed by atoms with van der Waals surface area (Å²) in [4.78, 5) is 22.8. The number of carbonyl (C=O) groups is 2. The number of rotatable bonds is 3. The molecule has 0 unspecified atom stereocenters. The molecule has 18 heavy (non-hydrogen) atoms. The summed E-state index contributed by atoms with van der Waals surface area (Å²) in [6, 6.07) is 0. The van der Waals surface area contributed by atoms with E-state index in [1.165, 1.54) is 6.08 Å². The Kier molecular flexibility index (Phi) is 4.20. The number of carbonyl (C=O) groups excluding carboxylic acids is 1. The van der Waals surface area contributed by atoms with Crippen molar-refractivity contribution in [1.29, 1.82) is 0 Å². The molecule has 102 valence electrons. The molecular weight excluding hydrogens is 255 g/mol. The molecule has 1 saturated heterocycles. The molecule has 0 spiro atoms. The third kappa shape index (κ3) is 3.14. The minimum absolute atomic E-state index is 0.135. The maximum atomic E-state index is 12.6. The monoisotopic (exact) mass is 267 g/mol. The molecule has 1 aliphatic heterocycles. The number of halogens is 3. The summed E-state index contributed by atoms with van der Waals surface area (Å²) in [5, 5.41) is 8.73. The molecular formula is C10H12F3NO4. The third-order valence-corrected chi connectivity index (χ3v) is 2.64. The van der Waals surface area contributed by atoms with Crippen LogP contribution in [0, 0.1) is 11.8 Å². The lowest BCUT2D eigenvalue weighted by molar-refractivity contribution is -0.188. The molecule has 8 heteroatoms. The average molecular weight is 267 g/mol. The van der Waals surface area contributed by atoms with Crippen molar-refractivity contribution in [2.24, 2.45) is 11.8 Å². The molecule has 0 saturated carbocycles. The molecule has 5 nitrogen and oxygen atoms in total. The van der Waals surface area contributed by atoms with Crippen molar-refractivity contribution in [3.05, 3.63) is 12.7 Å². The Morgan fingerprint density at radius 3 is 2.44 bits per heavy atom. The van der Waals surface area contributed by atoms with E-state index in [1.807, 2.05) is 0 Å². The molecule has 0 bridgehead atoms. The molecule has 1 amide bonds. The van der Waals surface area contributed by atoms with E-state index in [9.17, 15) is 22.8 Å². The average Bonchev–Trinajstić information content (AvgIpc) is 2.70. The SMILES string of the molecule is C=CCOC(=O)N1C[C@@H](C(F)(F)F)[C@H](C(=O)O)C1. The van der Waals surface area contributed by atoms with E-state index in [4.69, 9.17) is 5.11 Å². The first kappa shape index (κ1) is 14.3. The van der Waals surface area contributed by atoms with Gasteiger partial charge < -0.3 is 14.7 Å². The molecule has 1 rings (SSSR count). The minimum Gasteiger partial charge on any atom is -0.481 e. The van der Waals surface area contributed by atoms with Gasteiger partial charge >= 0.3 is 18.2 Å². The summed E-state index contributed by atoms with van der Waals surface area (Å²) in [5.41, 5.74) is 0. The van der Waals surface area contributed by atoms with Gasteiger partial charge in [-0.1, -0.05) is 12.7 Å². The van der Waals surface area contributed by atoms with E-state index < -0.39 is 43.2 Å². The second-order valence-corrected chi connectivity index (χ2v) is 3.86. The van der Waals surface area contributed by atoms with Crippen LogP contribution < -0.4 is 0 Å². The Morgan fingerprint density at radius 2 is 2.06 bits per heavy atom. The summed E-state index contributed by atoms with van der Waals surface area (Å²) in [6.45, 7) is 1.95. The van der Waals surface area contributed by atoms with Gasteiger partial charge in [-0.3, -0.25) is 4.79 Å². The van der Waals surface area contributed by atoms with Crippen molar-refractivity contribution < 1.29 is 32.6 Å². The van der Waals surface area contributed by atoms with Crippen molar-refractivity contribution in [3.63, 3.8) is 0 Å². The highest BCUT2D eigenvalue weighted by Gasteiger charge is 2.53. The van der Waals surface area contributed by atoms with Gasteiger partial charge in [-0.2, -0.15) is 13.2 Å². The number of aliphatic carboxylic acids is 1. The van der Waals surface area contributed by atoms with Crippen molar-refractivity contribution >= 4 is 12.1 Å². The number of amides is 1. The maximum Gasteiger partial charge on any atom is 0.410 e. The van der Waals surface area contributed by atoms with Crippen LogP contribution in [-0.4, -0.2) is 47.9 Å². The van der Waals surface area contributed by atoms with Gasteiger partial charge in [0, 0.05) is 13.1 Å². The molecule has 2 atom stereocenters. The Labute approximate surface area is 101 Å². The van der Waals surface area contributed by atoms with Crippen LogP contribution in [0.4, 0.5) is 18.0 Å². The Hall–Kier alpha value is -1.73.